The van der Waals surface area contributed by atoms with Crippen LogP contribution in [-0.4, -0.2) is 52.1 Å². The minimum atomic E-state index is -0.965. The van der Waals surface area contributed by atoms with Gasteiger partial charge in [-0.25, -0.2) is 4.79 Å². The van der Waals surface area contributed by atoms with Gasteiger partial charge in [0.1, 0.15) is 17.8 Å². The van der Waals surface area contributed by atoms with E-state index >= 15 is 0 Å². The van der Waals surface area contributed by atoms with Gasteiger partial charge in [0.2, 0.25) is 5.82 Å². The quantitative estimate of drug-likeness (QED) is 0.524. The van der Waals surface area contributed by atoms with Gasteiger partial charge in [-0.1, -0.05) is 31.1 Å². The molecule has 0 bridgehead atoms. The Kier molecular flexibility index (Phi) is 5.81. The van der Waals surface area contributed by atoms with Crippen molar-refractivity contribution < 1.29 is 28.4 Å². The van der Waals surface area contributed by atoms with E-state index in [9.17, 15) is 14.4 Å². The van der Waals surface area contributed by atoms with Crippen LogP contribution in [0.15, 0.2) is 28.8 Å². The number of carbonyl (C=O) groups is 3. The lowest BCUT2D eigenvalue weighted by Gasteiger charge is -2.22. The summed E-state index contributed by atoms with van der Waals surface area (Å²) >= 11 is 0. The van der Waals surface area contributed by atoms with Gasteiger partial charge in [0.15, 0.2) is 6.61 Å². The molecule has 3 amide bonds. The Morgan fingerprint density at radius 3 is 2.62 bits per heavy atom. The number of urea groups is 1. The minimum absolute atomic E-state index is 0.0768. The summed E-state index contributed by atoms with van der Waals surface area (Å²) in [5.74, 6) is -0.244. The fourth-order valence-corrected chi connectivity index (χ4v) is 3.12. The molecule has 0 saturated carbocycles. The first-order valence-corrected chi connectivity index (χ1v) is 9.19. The Morgan fingerprint density at radius 2 is 1.97 bits per heavy atom. The summed E-state index contributed by atoms with van der Waals surface area (Å²) < 4.78 is 15.4. The molecular formula is C19H22N4O6. The normalized spacial score (nSPS) is 15.3. The van der Waals surface area contributed by atoms with E-state index in [0.29, 0.717) is 30.0 Å². The fourth-order valence-electron chi connectivity index (χ4n) is 3.12. The van der Waals surface area contributed by atoms with E-state index in [-0.39, 0.29) is 12.5 Å². The molecule has 1 aromatic heterocycles. The summed E-state index contributed by atoms with van der Waals surface area (Å²) in [7, 11) is 1.53. The van der Waals surface area contributed by atoms with Crippen molar-refractivity contribution in [3.63, 3.8) is 0 Å². The Labute approximate surface area is 167 Å². The van der Waals surface area contributed by atoms with Crippen LogP contribution in [0.5, 0.6) is 5.75 Å². The lowest BCUT2D eigenvalue weighted by molar-refractivity contribution is -0.149. The van der Waals surface area contributed by atoms with Crippen molar-refractivity contribution in [2.45, 2.75) is 38.8 Å². The zero-order valence-corrected chi connectivity index (χ0v) is 16.4. The van der Waals surface area contributed by atoms with E-state index in [1.54, 1.807) is 32.0 Å². The maximum Gasteiger partial charge on any atom is 0.326 e. The van der Waals surface area contributed by atoms with E-state index in [4.69, 9.17) is 14.0 Å². The number of methoxy groups -OCH3 is 1. The van der Waals surface area contributed by atoms with E-state index in [2.05, 4.69) is 15.5 Å². The molecule has 10 heteroatoms. The molecule has 3 rings (SSSR count). The molecule has 1 aliphatic heterocycles. The molecule has 0 atom stereocenters. The van der Waals surface area contributed by atoms with E-state index in [1.165, 1.54) is 7.11 Å². The fraction of sp³-hybridized carbons (Fsp3) is 0.421. The maximum absolute atomic E-state index is 12.5. The van der Waals surface area contributed by atoms with E-state index in [1.807, 2.05) is 6.07 Å². The first kappa shape index (κ1) is 20.3. The molecule has 1 aromatic carbocycles. The number of rotatable bonds is 8. The molecule has 1 fully saturated rings. The van der Waals surface area contributed by atoms with Gasteiger partial charge in [0.25, 0.3) is 11.8 Å². The highest BCUT2D eigenvalue weighted by molar-refractivity contribution is 6.08. The van der Waals surface area contributed by atoms with Crippen LogP contribution in [0, 0.1) is 0 Å². The van der Waals surface area contributed by atoms with Gasteiger partial charge >= 0.3 is 12.0 Å². The number of aromatic nitrogens is 2. The second-order valence-corrected chi connectivity index (χ2v) is 6.48. The number of esters is 1. The third-order valence-electron chi connectivity index (χ3n) is 4.91. The number of benzene rings is 1. The first-order chi connectivity index (χ1) is 13.9. The van der Waals surface area contributed by atoms with Crippen LogP contribution in [0.2, 0.25) is 0 Å². The molecule has 2 heterocycles. The molecule has 2 aromatic rings. The van der Waals surface area contributed by atoms with Crippen LogP contribution in [0.25, 0.3) is 11.4 Å². The molecule has 1 N–H and O–H groups in total. The predicted molar refractivity (Wildman–Crippen MR) is 99.6 cm³/mol. The number of para-hydroxylation sites is 1. The van der Waals surface area contributed by atoms with Gasteiger partial charge in [-0.3, -0.25) is 14.5 Å². The van der Waals surface area contributed by atoms with Crippen molar-refractivity contribution in [3.05, 3.63) is 30.2 Å². The number of amides is 3. The van der Waals surface area contributed by atoms with Crippen molar-refractivity contribution in [1.82, 2.24) is 20.4 Å². The van der Waals surface area contributed by atoms with E-state index < -0.39 is 30.0 Å². The van der Waals surface area contributed by atoms with Crippen molar-refractivity contribution in [2.75, 3.05) is 13.7 Å². The Hall–Kier alpha value is -3.43. The van der Waals surface area contributed by atoms with Crippen molar-refractivity contribution >= 4 is 17.9 Å². The van der Waals surface area contributed by atoms with Crippen molar-refractivity contribution in [2.24, 2.45) is 0 Å². The molecule has 29 heavy (non-hydrogen) atoms. The Balaban J connectivity index is 1.60. The maximum atomic E-state index is 12.5. The molecule has 10 nitrogen and oxygen atoms in total. The van der Waals surface area contributed by atoms with Gasteiger partial charge in [-0.15, -0.1) is 0 Å². The predicted octanol–water partition coefficient (Wildman–Crippen LogP) is 1.90. The van der Waals surface area contributed by atoms with Gasteiger partial charge in [-0.05, 0) is 25.0 Å². The molecule has 0 unspecified atom stereocenters. The highest BCUT2D eigenvalue weighted by atomic mass is 16.6. The number of hydrogen-bond acceptors (Lipinski definition) is 8. The van der Waals surface area contributed by atoms with Crippen LogP contribution in [0.4, 0.5) is 4.79 Å². The van der Waals surface area contributed by atoms with Gasteiger partial charge in [0, 0.05) is 0 Å². The van der Waals surface area contributed by atoms with Crippen LogP contribution >= 0.6 is 0 Å². The average molecular weight is 402 g/mol. The zero-order valence-electron chi connectivity index (χ0n) is 16.4. The zero-order chi connectivity index (χ0) is 21.0. The Bertz CT molecular complexity index is 921. The smallest absolute Gasteiger partial charge is 0.326 e. The highest BCUT2D eigenvalue weighted by Crippen LogP contribution is 2.27. The van der Waals surface area contributed by atoms with Crippen LogP contribution < -0.4 is 10.1 Å². The van der Waals surface area contributed by atoms with Gasteiger partial charge in [0.05, 0.1) is 12.7 Å². The third kappa shape index (κ3) is 3.91. The molecule has 0 spiro atoms. The summed E-state index contributed by atoms with van der Waals surface area (Å²) in [5.41, 5.74) is -0.334. The number of carbonyl (C=O) groups excluding carboxylic acids is 3. The molecule has 154 valence electrons. The first-order valence-electron chi connectivity index (χ1n) is 9.19. The lowest BCUT2D eigenvalue weighted by Crippen LogP contribution is -2.46. The standard InChI is InChI=1S/C19H22N4O6/c1-4-19(5-2)17(25)23(18(26)21-19)10-15(24)28-11-14-20-16(22-29-14)12-8-6-7-9-13(12)27-3/h6-9H,4-5,10-11H2,1-3H3,(H,21,26). The SMILES string of the molecule is CCC1(CC)NC(=O)N(CC(=O)OCc2nc(-c3ccccc3OC)no2)C1=O. The number of hydrogen-bond donors (Lipinski definition) is 1. The van der Waals surface area contributed by atoms with E-state index in [0.717, 1.165) is 4.90 Å². The number of ether oxygens (including phenoxy) is 2. The summed E-state index contributed by atoms with van der Waals surface area (Å²) in [6.45, 7) is 2.84. The summed E-state index contributed by atoms with van der Waals surface area (Å²) in [5, 5.41) is 6.51. The summed E-state index contributed by atoms with van der Waals surface area (Å²) in [6.07, 6.45) is 0.876. The molecule has 0 radical (unpaired) electrons. The van der Waals surface area contributed by atoms with Gasteiger partial charge in [-0.2, -0.15) is 4.98 Å². The number of nitrogens with zero attached hydrogens (tertiary/aromatic N) is 3. The van der Waals surface area contributed by atoms with Crippen molar-refractivity contribution in [1.29, 1.82) is 0 Å². The largest absolute Gasteiger partial charge is 0.496 e. The second-order valence-electron chi connectivity index (χ2n) is 6.48. The Morgan fingerprint density at radius 1 is 1.24 bits per heavy atom. The summed E-state index contributed by atoms with van der Waals surface area (Å²) in [6, 6.07) is 6.54. The van der Waals surface area contributed by atoms with Crippen LogP contribution in [-0.2, 0) is 20.9 Å². The van der Waals surface area contributed by atoms with Crippen LogP contribution in [0.3, 0.4) is 0 Å². The lowest BCUT2D eigenvalue weighted by atomic mass is 9.93. The summed E-state index contributed by atoms with van der Waals surface area (Å²) in [4.78, 5) is 41.8. The number of nitrogens with one attached hydrogen (secondary N) is 1. The molecule has 0 aliphatic carbocycles. The second kappa shape index (κ2) is 8.29. The highest BCUT2D eigenvalue weighted by Gasteiger charge is 2.49. The topological polar surface area (TPSA) is 124 Å². The van der Waals surface area contributed by atoms with Gasteiger partial charge < -0.3 is 19.3 Å². The third-order valence-corrected chi connectivity index (χ3v) is 4.91. The molecule has 1 saturated heterocycles. The van der Waals surface area contributed by atoms with Crippen molar-refractivity contribution in [3.8, 4) is 17.1 Å². The average Bonchev–Trinajstić information content (AvgIpc) is 3.30. The minimum Gasteiger partial charge on any atom is -0.496 e. The molecular weight excluding hydrogens is 380 g/mol. The van der Waals surface area contributed by atoms with Crippen LogP contribution in [0.1, 0.15) is 32.6 Å². The molecule has 1 aliphatic rings. The number of imide groups is 1. The monoisotopic (exact) mass is 402 g/mol.